The first-order valence-electron chi connectivity index (χ1n) is 7.14. The zero-order chi connectivity index (χ0) is 17.1. The maximum Gasteiger partial charge on any atom is 0.324 e. The zero-order valence-corrected chi connectivity index (χ0v) is 16.4. The molecule has 0 spiro atoms. The fourth-order valence-corrected chi connectivity index (χ4v) is 5.07. The Morgan fingerprint density at radius 2 is 1.67 bits per heavy atom. The van der Waals surface area contributed by atoms with Crippen LogP contribution in [-0.4, -0.2) is 17.6 Å². The van der Waals surface area contributed by atoms with E-state index < -0.39 is 5.97 Å². The van der Waals surface area contributed by atoms with Crippen LogP contribution in [0.1, 0.15) is 0 Å². The normalized spacial score (nSPS) is 10.8. The monoisotopic (exact) mass is 465 g/mol. The number of carboxylic acids is 1. The van der Waals surface area contributed by atoms with Crippen LogP contribution in [0.2, 0.25) is 0 Å². The van der Waals surface area contributed by atoms with E-state index in [4.69, 9.17) is 0 Å². The molecule has 0 aliphatic heterocycles. The van der Waals surface area contributed by atoms with E-state index in [1.165, 1.54) is 11.9 Å². The van der Waals surface area contributed by atoms with Crippen LogP contribution >= 0.6 is 43.8 Å². The van der Waals surface area contributed by atoms with E-state index in [9.17, 15) is 9.90 Å². The summed E-state index contributed by atoms with van der Waals surface area (Å²) in [6, 6.07) is 19.8. The molecule has 3 aromatic rings. The maximum atomic E-state index is 11.4. The van der Waals surface area contributed by atoms with Crippen LogP contribution in [0.3, 0.4) is 0 Å². The Hall–Kier alpha value is -1.50. The van der Waals surface area contributed by atoms with Crippen LogP contribution in [0.5, 0.6) is 0 Å². The van der Waals surface area contributed by atoms with E-state index in [0.717, 1.165) is 30.3 Å². The molecule has 0 aromatic heterocycles. The fourth-order valence-electron chi connectivity index (χ4n) is 2.42. The highest BCUT2D eigenvalue weighted by Crippen LogP contribution is 2.36. The van der Waals surface area contributed by atoms with Gasteiger partial charge in [-0.3, -0.25) is 4.79 Å². The number of hydrogen-bond donors (Lipinski definition) is 1. The van der Waals surface area contributed by atoms with Gasteiger partial charge in [-0.2, -0.15) is 0 Å². The number of hydrogen-bond acceptors (Lipinski definition) is 3. The second kappa shape index (κ2) is 7.59. The van der Waals surface area contributed by atoms with Crippen molar-refractivity contribution < 1.29 is 9.90 Å². The van der Waals surface area contributed by atoms with Gasteiger partial charge in [-0.25, -0.2) is 0 Å². The van der Waals surface area contributed by atoms with E-state index in [1.807, 2.05) is 60.7 Å². The summed E-state index contributed by atoms with van der Waals surface area (Å²) in [5, 5.41) is 11.4. The highest BCUT2D eigenvalue weighted by Gasteiger charge is 2.16. The quantitative estimate of drug-likeness (QED) is 0.470. The average molecular weight is 467 g/mol. The lowest BCUT2D eigenvalue weighted by Gasteiger charge is -2.23. The first-order chi connectivity index (χ1) is 11.5. The predicted molar refractivity (Wildman–Crippen MR) is 107 cm³/mol. The van der Waals surface area contributed by atoms with Crippen molar-refractivity contribution in [3.05, 3.63) is 69.6 Å². The molecule has 0 saturated heterocycles. The number of anilines is 1. The summed E-state index contributed by atoms with van der Waals surface area (Å²) in [5.41, 5.74) is 0.886. The molecule has 1 N–H and O–H groups in total. The van der Waals surface area contributed by atoms with Crippen LogP contribution in [0, 0.1) is 0 Å². The van der Waals surface area contributed by atoms with Gasteiger partial charge < -0.3 is 9.41 Å². The average Bonchev–Trinajstić information content (AvgIpc) is 2.52. The highest BCUT2D eigenvalue weighted by molar-refractivity contribution is 9.11. The van der Waals surface area contributed by atoms with Crippen molar-refractivity contribution in [1.29, 1.82) is 0 Å². The molecule has 0 heterocycles. The summed E-state index contributed by atoms with van der Waals surface area (Å²) in [6.45, 7) is -0.0944. The minimum absolute atomic E-state index is 0.0944. The molecule has 0 radical (unpaired) electrons. The molecule has 3 nitrogen and oxygen atoms in total. The molecule has 0 fully saturated rings. The van der Waals surface area contributed by atoms with E-state index >= 15 is 0 Å². The SMILES string of the molecule is O=C(O)CN(Sc1cc(Br)cc(Br)c1)c1cccc2ccccc12. The topological polar surface area (TPSA) is 40.5 Å². The molecule has 122 valence electrons. The molecule has 24 heavy (non-hydrogen) atoms. The van der Waals surface area contributed by atoms with Gasteiger partial charge in [0, 0.05) is 19.2 Å². The lowest BCUT2D eigenvalue weighted by atomic mass is 10.1. The third-order valence-corrected chi connectivity index (χ3v) is 5.27. The molecule has 0 amide bonds. The molecule has 0 unspecified atom stereocenters. The molecule has 0 saturated carbocycles. The number of rotatable bonds is 5. The van der Waals surface area contributed by atoms with Crippen LogP contribution in [-0.2, 0) is 4.79 Å². The summed E-state index contributed by atoms with van der Waals surface area (Å²) in [5.74, 6) is -0.871. The van der Waals surface area contributed by atoms with Crippen molar-refractivity contribution in [2.45, 2.75) is 4.90 Å². The number of halogens is 2. The Morgan fingerprint density at radius 1 is 1.00 bits per heavy atom. The van der Waals surface area contributed by atoms with Crippen LogP contribution in [0.15, 0.2) is 74.5 Å². The Balaban J connectivity index is 2.04. The second-order valence-electron chi connectivity index (χ2n) is 5.13. The van der Waals surface area contributed by atoms with Gasteiger partial charge in [-0.05, 0) is 41.6 Å². The molecule has 0 aliphatic rings. The lowest BCUT2D eigenvalue weighted by Crippen LogP contribution is -2.23. The van der Waals surface area contributed by atoms with E-state index in [-0.39, 0.29) is 6.54 Å². The number of carbonyl (C=O) groups is 1. The van der Waals surface area contributed by atoms with Crippen molar-refractivity contribution in [2.75, 3.05) is 10.8 Å². The van der Waals surface area contributed by atoms with Crippen molar-refractivity contribution in [2.24, 2.45) is 0 Å². The first kappa shape index (κ1) is 17.3. The van der Waals surface area contributed by atoms with E-state index in [0.29, 0.717) is 0 Å². The van der Waals surface area contributed by atoms with Crippen molar-refractivity contribution in [3.63, 3.8) is 0 Å². The van der Waals surface area contributed by atoms with Gasteiger partial charge in [-0.15, -0.1) is 0 Å². The van der Waals surface area contributed by atoms with Crippen LogP contribution < -0.4 is 4.31 Å². The Kier molecular flexibility index (Phi) is 5.48. The van der Waals surface area contributed by atoms with Gasteiger partial charge in [0.05, 0.1) is 5.69 Å². The number of benzene rings is 3. The van der Waals surface area contributed by atoms with Crippen molar-refractivity contribution in [1.82, 2.24) is 0 Å². The molecule has 6 heteroatoms. The Morgan fingerprint density at radius 3 is 2.38 bits per heavy atom. The molecule has 3 rings (SSSR count). The van der Waals surface area contributed by atoms with Gasteiger partial charge in [-0.1, -0.05) is 68.3 Å². The molecule has 0 bridgehead atoms. The second-order valence-corrected chi connectivity index (χ2v) is 8.05. The van der Waals surface area contributed by atoms with Gasteiger partial charge >= 0.3 is 5.97 Å². The highest BCUT2D eigenvalue weighted by atomic mass is 79.9. The summed E-state index contributed by atoms with van der Waals surface area (Å²) in [4.78, 5) is 12.3. The number of fused-ring (bicyclic) bond motifs is 1. The lowest BCUT2D eigenvalue weighted by molar-refractivity contribution is -0.135. The number of nitrogens with zero attached hydrogens (tertiary/aromatic N) is 1. The third-order valence-electron chi connectivity index (χ3n) is 3.37. The van der Waals surface area contributed by atoms with E-state index in [1.54, 1.807) is 4.31 Å². The van der Waals surface area contributed by atoms with Crippen molar-refractivity contribution >= 4 is 66.2 Å². The third kappa shape index (κ3) is 4.12. The van der Waals surface area contributed by atoms with Crippen molar-refractivity contribution in [3.8, 4) is 0 Å². The van der Waals surface area contributed by atoms with Gasteiger partial charge in [0.15, 0.2) is 0 Å². The smallest absolute Gasteiger partial charge is 0.324 e. The molecule has 3 aromatic carbocycles. The van der Waals surface area contributed by atoms with Gasteiger partial charge in [0.25, 0.3) is 0 Å². The largest absolute Gasteiger partial charge is 0.480 e. The van der Waals surface area contributed by atoms with E-state index in [2.05, 4.69) is 31.9 Å². The fraction of sp³-hybridized carbons (Fsp3) is 0.0556. The maximum absolute atomic E-state index is 11.4. The predicted octanol–water partition coefficient (Wildman–Crippen LogP) is 5.96. The standard InChI is InChI=1S/C18H13Br2NO2S/c19-13-8-14(20)10-15(9-13)24-21(11-18(22)23)17-7-3-5-12-4-1-2-6-16(12)17/h1-10H,11H2,(H,22,23). The number of carboxylic acid groups (broad SMARTS) is 1. The van der Waals surface area contributed by atoms with Gasteiger partial charge in [0.1, 0.15) is 6.54 Å². The summed E-state index contributed by atoms with van der Waals surface area (Å²) >= 11 is 8.35. The molecular weight excluding hydrogens is 454 g/mol. The van der Waals surface area contributed by atoms with Gasteiger partial charge in [0.2, 0.25) is 0 Å². The Labute approximate surface area is 161 Å². The number of aliphatic carboxylic acids is 1. The molecular formula is C18H13Br2NO2S. The summed E-state index contributed by atoms with van der Waals surface area (Å²) < 4.78 is 3.68. The van der Waals surface area contributed by atoms with Crippen LogP contribution in [0.4, 0.5) is 5.69 Å². The minimum Gasteiger partial charge on any atom is -0.480 e. The zero-order valence-electron chi connectivity index (χ0n) is 12.4. The Bertz CT molecular complexity index is 876. The summed E-state index contributed by atoms with van der Waals surface area (Å²) in [7, 11) is 0. The summed E-state index contributed by atoms with van der Waals surface area (Å²) in [6.07, 6.45) is 0. The minimum atomic E-state index is -0.871. The molecule has 0 atom stereocenters. The first-order valence-corrected chi connectivity index (χ1v) is 9.50. The molecule has 0 aliphatic carbocycles. The van der Waals surface area contributed by atoms with Crippen LogP contribution in [0.25, 0.3) is 10.8 Å².